The summed E-state index contributed by atoms with van der Waals surface area (Å²) in [4.78, 5) is 23.1. The highest BCUT2D eigenvalue weighted by atomic mass is 19.4. The molecule has 4 N–H and O–H groups in total. The summed E-state index contributed by atoms with van der Waals surface area (Å²) in [6, 6.07) is 2.50. The second-order valence-corrected chi connectivity index (χ2v) is 7.22. The van der Waals surface area contributed by atoms with E-state index in [1.54, 1.807) is 0 Å². The van der Waals surface area contributed by atoms with Crippen molar-refractivity contribution in [1.29, 1.82) is 0 Å². The number of benzene rings is 1. The first kappa shape index (κ1) is 21.9. The summed E-state index contributed by atoms with van der Waals surface area (Å²) in [5.74, 6) is -0.139. The summed E-state index contributed by atoms with van der Waals surface area (Å²) in [7, 11) is 0. The molecule has 0 radical (unpaired) electrons. The number of halogens is 6. The van der Waals surface area contributed by atoms with Gasteiger partial charge in [-0.2, -0.15) is 31.3 Å². The summed E-state index contributed by atoms with van der Waals surface area (Å²) >= 11 is 0. The van der Waals surface area contributed by atoms with Crippen molar-refractivity contribution >= 4 is 28.4 Å². The van der Waals surface area contributed by atoms with E-state index in [0.29, 0.717) is 18.7 Å². The molecule has 13 heteroatoms. The first-order valence-corrected chi connectivity index (χ1v) is 9.44. The molecule has 1 aliphatic heterocycles. The molecule has 0 spiro atoms. The molecule has 0 bridgehead atoms. The Morgan fingerprint density at radius 2 is 1.69 bits per heavy atom. The molecule has 3 heterocycles. The van der Waals surface area contributed by atoms with Gasteiger partial charge in [0, 0.05) is 24.5 Å². The predicted octanol–water partition coefficient (Wildman–Crippen LogP) is 3.87. The molecule has 0 aliphatic carbocycles. The van der Waals surface area contributed by atoms with Gasteiger partial charge in [0.2, 0.25) is 5.95 Å². The Hall–Kier alpha value is -3.35. The molecule has 0 amide bonds. The number of H-pyrrole nitrogens is 1. The third-order valence-electron chi connectivity index (χ3n) is 4.86. The van der Waals surface area contributed by atoms with Gasteiger partial charge in [-0.1, -0.05) is 0 Å². The van der Waals surface area contributed by atoms with Gasteiger partial charge in [-0.05, 0) is 37.2 Å². The van der Waals surface area contributed by atoms with Crippen LogP contribution >= 0.6 is 0 Å². The number of hydrogen-bond donors (Lipinski definition) is 4. The second kappa shape index (κ2) is 7.97. The Morgan fingerprint density at radius 3 is 2.28 bits per heavy atom. The molecule has 1 fully saturated rings. The fraction of sp³-hybridized carbons (Fsp3) is 0.316. The number of nitrogens with zero attached hydrogens (tertiary/aromatic N) is 2. The Bertz CT molecular complexity index is 1170. The lowest BCUT2D eigenvalue weighted by atomic mass is 10.1. The SMILES string of the molecule is O=c1[nH]ccc2nc(N[C@H]3CCNC3)nc(Nc3cc(C(F)(F)F)cc(C(F)(F)F)c3)c12. The molecule has 0 saturated carbocycles. The molecule has 4 rings (SSSR count). The number of anilines is 3. The number of fused-ring (bicyclic) bond motifs is 1. The fourth-order valence-electron chi connectivity index (χ4n) is 3.37. The van der Waals surface area contributed by atoms with E-state index < -0.39 is 34.7 Å². The highest BCUT2D eigenvalue weighted by molar-refractivity contribution is 5.91. The molecule has 7 nitrogen and oxygen atoms in total. The van der Waals surface area contributed by atoms with Crippen LogP contribution in [0.3, 0.4) is 0 Å². The van der Waals surface area contributed by atoms with Gasteiger partial charge in [0.15, 0.2) is 0 Å². The highest BCUT2D eigenvalue weighted by Crippen LogP contribution is 2.38. The van der Waals surface area contributed by atoms with Gasteiger partial charge >= 0.3 is 12.4 Å². The number of aromatic amines is 1. The summed E-state index contributed by atoms with van der Waals surface area (Å²) in [6.45, 7) is 1.39. The third kappa shape index (κ3) is 4.61. The molecule has 1 atom stereocenters. The second-order valence-electron chi connectivity index (χ2n) is 7.22. The van der Waals surface area contributed by atoms with Crippen molar-refractivity contribution in [2.75, 3.05) is 23.7 Å². The monoisotopic (exact) mass is 458 g/mol. The highest BCUT2D eigenvalue weighted by Gasteiger charge is 2.37. The van der Waals surface area contributed by atoms with E-state index in [0.717, 1.165) is 13.0 Å². The smallest absolute Gasteiger partial charge is 0.350 e. The number of aromatic nitrogens is 3. The molecule has 2 aromatic heterocycles. The normalized spacial score (nSPS) is 17.0. The van der Waals surface area contributed by atoms with Crippen LogP contribution in [-0.2, 0) is 12.4 Å². The topological polar surface area (TPSA) is 94.7 Å². The lowest BCUT2D eigenvalue weighted by Crippen LogP contribution is -2.24. The Labute approximate surface area is 176 Å². The van der Waals surface area contributed by atoms with Crippen LogP contribution in [0.5, 0.6) is 0 Å². The van der Waals surface area contributed by atoms with E-state index in [4.69, 9.17) is 0 Å². The number of pyridine rings is 1. The summed E-state index contributed by atoms with van der Waals surface area (Å²) in [5.41, 5.74) is -3.98. The van der Waals surface area contributed by atoms with Crippen molar-refractivity contribution in [3.05, 3.63) is 51.9 Å². The minimum Gasteiger partial charge on any atom is -0.350 e. The van der Waals surface area contributed by atoms with Gasteiger partial charge in [-0.15, -0.1) is 0 Å². The molecule has 3 aromatic rings. The van der Waals surface area contributed by atoms with Gasteiger partial charge in [-0.25, -0.2) is 4.98 Å². The lowest BCUT2D eigenvalue weighted by molar-refractivity contribution is -0.143. The van der Waals surface area contributed by atoms with Crippen molar-refractivity contribution < 1.29 is 26.3 Å². The molecule has 32 heavy (non-hydrogen) atoms. The van der Waals surface area contributed by atoms with Crippen molar-refractivity contribution in [3.63, 3.8) is 0 Å². The molecular weight excluding hydrogens is 442 g/mol. The largest absolute Gasteiger partial charge is 0.416 e. The van der Waals surface area contributed by atoms with E-state index in [9.17, 15) is 31.1 Å². The molecule has 0 unspecified atom stereocenters. The fourth-order valence-corrected chi connectivity index (χ4v) is 3.37. The Kier molecular flexibility index (Phi) is 5.44. The first-order chi connectivity index (χ1) is 15.0. The van der Waals surface area contributed by atoms with Gasteiger partial charge in [0.1, 0.15) is 11.2 Å². The van der Waals surface area contributed by atoms with Crippen LogP contribution < -0.4 is 21.5 Å². The minimum atomic E-state index is -5.01. The van der Waals surface area contributed by atoms with Crippen LogP contribution in [0.2, 0.25) is 0 Å². The number of hydrogen-bond acceptors (Lipinski definition) is 6. The van der Waals surface area contributed by atoms with Gasteiger partial charge < -0.3 is 20.9 Å². The van der Waals surface area contributed by atoms with Gasteiger partial charge in [0.25, 0.3) is 5.56 Å². The summed E-state index contributed by atoms with van der Waals surface area (Å²) in [5, 5.41) is 8.53. The van der Waals surface area contributed by atoms with Crippen LogP contribution in [0.4, 0.5) is 43.8 Å². The molecule has 1 aliphatic rings. The van der Waals surface area contributed by atoms with Crippen LogP contribution in [0.25, 0.3) is 10.9 Å². The zero-order valence-corrected chi connectivity index (χ0v) is 16.2. The van der Waals surface area contributed by atoms with Crippen molar-refractivity contribution in [3.8, 4) is 0 Å². The number of rotatable bonds is 4. The minimum absolute atomic E-state index is 0.0207. The number of nitrogens with one attached hydrogen (secondary N) is 4. The van der Waals surface area contributed by atoms with Crippen LogP contribution in [-0.4, -0.2) is 34.1 Å². The number of alkyl halides is 6. The molecule has 1 aromatic carbocycles. The predicted molar refractivity (Wildman–Crippen MR) is 105 cm³/mol. The quantitative estimate of drug-likeness (QED) is 0.444. The Balaban J connectivity index is 1.81. The Morgan fingerprint density at radius 1 is 1.00 bits per heavy atom. The lowest BCUT2D eigenvalue weighted by Gasteiger charge is -2.17. The average Bonchev–Trinajstić information content (AvgIpc) is 3.19. The zero-order valence-electron chi connectivity index (χ0n) is 16.2. The van der Waals surface area contributed by atoms with Crippen molar-refractivity contribution in [1.82, 2.24) is 20.3 Å². The van der Waals surface area contributed by atoms with E-state index in [1.165, 1.54) is 12.3 Å². The zero-order chi connectivity index (χ0) is 23.1. The third-order valence-corrected chi connectivity index (χ3v) is 4.86. The van der Waals surface area contributed by atoms with Crippen LogP contribution in [0, 0.1) is 0 Å². The van der Waals surface area contributed by atoms with Gasteiger partial charge in [-0.3, -0.25) is 4.79 Å². The maximum absolute atomic E-state index is 13.2. The van der Waals surface area contributed by atoms with Crippen LogP contribution in [0.1, 0.15) is 17.5 Å². The van der Waals surface area contributed by atoms with E-state index in [2.05, 4.69) is 30.9 Å². The molecular formula is C19H16F6N6O. The summed E-state index contributed by atoms with van der Waals surface area (Å²) < 4.78 is 79.2. The molecule has 1 saturated heterocycles. The van der Waals surface area contributed by atoms with E-state index in [-0.39, 0.29) is 34.8 Å². The first-order valence-electron chi connectivity index (χ1n) is 9.44. The van der Waals surface area contributed by atoms with Gasteiger partial charge in [0.05, 0.1) is 16.6 Å². The van der Waals surface area contributed by atoms with Crippen molar-refractivity contribution in [2.24, 2.45) is 0 Å². The molecule has 170 valence electrons. The standard InChI is InChI=1S/C19H16F6N6O/c20-18(21,22)9-5-10(19(23,24)25)7-12(6-9)28-15-14-13(2-4-27-16(14)32)30-17(31-15)29-11-1-3-26-8-11/h2,4-7,11,26H,1,3,8H2,(H,27,32)(H2,28,29,30,31)/t11-/m0/s1. The van der Waals surface area contributed by atoms with E-state index in [1.807, 2.05) is 0 Å². The maximum Gasteiger partial charge on any atom is 0.416 e. The maximum atomic E-state index is 13.2. The van der Waals surface area contributed by atoms with Crippen LogP contribution in [0.15, 0.2) is 35.3 Å². The summed E-state index contributed by atoms with van der Waals surface area (Å²) in [6.07, 6.45) is -7.92. The van der Waals surface area contributed by atoms with E-state index >= 15 is 0 Å². The van der Waals surface area contributed by atoms with Crippen molar-refractivity contribution in [2.45, 2.75) is 24.8 Å². The average molecular weight is 458 g/mol.